The molecule has 2 atom stereocenters. The molecule has 0 spiro atoms. The molecule has 0 aliphatic carbocycles. The molecule has 0 unspecified atom stereocenters. The number of nitrogens with one attached hydrogen (secondary N) is 1. The van der Waals surface area contributed by atoms with E-state index in [-0.39, 0.29) is 17.6 Å². The second-order valence-electron chi connectivity index (χ2n) is 9.57. The molecule has 0 bridgehead atoms. The van der Waals surface area contributed by atoms with Crippen molar-refractivity contribution >= 4 is 16.8 Å². The van der Waals surface area contributed by atoms with Crippen LogP contribution in [0.2, 0.25) is 0 Å². The van der Waals surface area contributed by atoms with Crippen molar-refractivity contribution in [2.45, 2.75) is 31.5 Å². The fourth-order valence-electron chi connectivity index (χ4n) is 5.28. The van der Waals surface area contributed by atoms with Gasteiger partial charge < -0.3 is 23.8 Å². The zero-order valence-corrected chi connectivity index (χ0v) is 21.1. The molecule has 38 heavy (non-hydrogen) atoms. The Labute approximate surface area is 218 Å². The minimum Gasteiger partial charge on any atom is -0.497 e. The number of aromatic amines is 1. The predicted octanol–water partition coefficient (Wildman–Crippen LogP) is 1.84. The molecule has 198 valence electrons. The molecule has 2 fully saturated rings. The van der Waals surface area contributed by atoms with Crippen molar-refractivity contribution in [1.82, 2.24) is 35.0 Å². The smallest absolute Gasteiger partial charge is 0.289 e. The van der Waals surface area contributed by atoms with E-state index in [1.54, 1.807) is 34.9 Å². The zero-order valence-electron chi connectivity index (χ0n) is 21.1. The second kappa shape index (κ2) is 10.4. The molecule has 1 N–H and O–H groups in total. The monoisotopic (exact) mass is 519 g/mol. The number of pyridine rings is 1. The van der Waals surface area contributed by atoms with Gasteiger partial charge >= 0.3 is 0 Å². The Hall–Kier alpha value is -4.03. The molecule has 3 aromatic heterocycles. The number of hydrogen-bond donors (Lipinski definition) is 1. The number of fused-ring (bicyclic) bond motifs is 1. The van der Waals surface area contributed by atoms with Gasteiger partial charge in [0.15, 0.2) is 11.6 Å². The molecule has 6 rings (SSSR count). The summed E-state index contributed by atoms with van der Waals surface area (Å²) in [4.78, 5) is 33.3. The van der Waals surface area contributed by atoms with Gasteiger partial charge in [0.05, 0.1) is 31.5 Å². The molecule has 2 aliphatic heterocycles. The molecular formula is C26H29N7O5. The van der Waals surface area contributed by atoms with Crippen LogP contribution in [0.25, 0.3) is 10.9 Å². The van der Waals surface area contributed by atoms with Crippen molar-refractivity contribution in [2.75, 3.05) is 39.9 Å². The highest BCUT2D eigenvalue weighted by molar-refractivity contribution is 5.91. The Kier molecular flexibility index (Phi) is 6.64. The molecule has 0 radical (unpaired) electrons. The van der Waals surface area contributed by atoms with Crippen molar-refractivity contribution < 1.29 is 18.7 Å². The summed E-state index contributed by atoms with van der Waals surface area (Å²) < 4.78 is 18.2. The minimum atomic E-state index is -0.512. The summed E-state index contributed by atoms with van der Waals surface area (Å²) in [6, 6.07) is 10.3. The molecule has 1 amide bonds. The number of hydrogen-bond acceptors (Lipinski definition) is 9. The van der Waals surface area contributed by atoms with Crippen LogP contribution in [0, 0.1) is 0 Å². The molecule has 1 aromatic carbocycles. The Morgan fingerprint density at radius 1 is 1.21 bits per heavy atom. The van der Waals surface area contributed by atoms with Crippen molar-refractivity contribution in [3.63, 3.8) is 0 Å². The van der Waals surface area contributed by atoms with E-state index in [0.717, 1.165) is 24.8 Å². The molecule has 2 aliphatic rings. The summed E-state index contributed by atoms with van der Waals surface area (Å²) in [6.07, 6.45) is 3.47. The Morgan fingerprint density at radius 3 is 2.82 bits per heavy atom. The molecule has 12 heteroatoms. The molecule has 2 saturated heterocycles. The van der Waals surface area contributed by atoms with Gasteiger partial charge in [0, 0.05) is 44.4 Å². The Balaban J connectivity index is 1.35. The fourth-order valence-corrected chi connectivity index (χ4v) is 5.28. The molecule has 4 aromatic rings. The third-order valence-electron chi connectivity index (χ3n) is 7.28. The number of methoxy groups -OCH3 is 1. The van der Waals surface area contributed by atoms with E-state index in [1.165, 1.54) is 6.26 Å². The largest absolute Gasteiger partial charge is 0.497 e. The van der Waals surface area contributed by atoms with Crippen molar-refractivity contribution in [1.29, 1.82) is 0 Å². The lowest BCUT2D eigenvalue weighted by Crippen LogP contribution is -2.50. The van der Waals surface area contributed by atoms with Gasteiger partial charge in [0.25, 0.3) is 11.5 Å². The van der Waals surface area contributed by atoms with Crippen LogP contribution in [0.15, 0.2) is 51.9 Å². The Morgan fingerprint density at radius 2 is 2.08 bits per heavy atom. The average Bonchev–Trinajstić information content (AvgIpc) is 3.73. The highest BCUT2D eigenvalue weighted by Gasteiger charge is 2.34. The lowest BCUT2D eigenvalue weighted by molar-refractivity contribution is 0.0550. The number of H-pyrrole nitrogens is 1. The number of piperazine rings is 1. The maximum atomic E-state index is 13.5. The predicted molar refractivity (Wildman–Crippen MR) is 136 cm³/mol. The molecule has 12 nitrogen and oxygen atoms in total. The third-order valence-corrected chi connectivity index (χ3v) is 7.28. The van der Waals surface area contributed by atoms with Crippen LogP contribution in [-0.2, 0) is 11.3 Å². The number of carbonyl (C=O) groups excluding carboxylic acids is 1. The van der Waals surface area contributed by atoms with Gasteiger partial charge in [0.1, 0.15) is 11.8 Å². The summed E-state index contributed by atoms with van der Waals surface area (Å²) in [7, 11) is 1.59. The maximum absolute atomic E-state index is 13.5. The van der Waals surface area contributed by atoms with Crippen LogP contribution in [0.3, 0.4) is 0 Å². The van der Waals surface area contributed by atoms with Crippen molar-refractivity contribution in [3.8, 4) is 5.75 Å². The third kappa shape index (κ3) is 4.68. The summed E-state index contributed by atoms with van der Waals surface area (Å²) in [5, 5.41) is 13.5. The number of tetrazole rings is 1. The first kappa shape index (κ1) is 24.3. The van der Waals surface area contributed by atoms with E-state index < -0.39 is 6.04 Å². The number of carbonyl (C=O) groups is 1. The lowest BCUT2D eigenvalue weighted by atomic mass is 10.0. The minimum absolute atomic E-state index is 0.0306. The van der Waals surface area contributed by atoms with E-state index in [2.05, 4.69) is 25.4 Å². The highest BCUT2D eigenvalue weighted by Crippen LogP contribution is 2.29. The van der Waals surface area contributed by atoms with Gasteiger partial charge in [-0.1, -0.05) is 0 Å². The number of nitrogens with zero attached hydrogens (tertiary/aromatic N) is 6. The van der Waals surface area contributed by atoms with Crippen LogP contribution in [0.4, 0.5) is 0 Å². The van der Waals surface area contributed by atoms with E-state index in [4.69, 9.17) is 13.9 Å². The first-order chi connectivity index (χ1) is 18.6. The number of ether oxygens (including phenoxy) is 2. The standard InChI is InChI=1S/C26H29N7O5/c1-36-18-7-6-17-14-20(25(34)27-21(17)15-18)23(24-28-29-30-33(24)16-19-4-2-12-37-19)31-8-10-32(11-9-31)26(35)22-5-3-13-38-22/h3,5-7,13-15,19,23H,2,4,8-12,16H2,1H3,(H,27,34)/t19-,23+/m0/s1. The summed E-state index contributed by atoms with van der Waals surface area (Å²) in [5.74, 6) is 1.41. The number of amides is 1. The van der Waals surface area contributed by atoms with Gasteiger partial charge in [0.2, 0.25) is 0 Å². The first-order valence-corrected chi connectivity index (χ1v) is 12.8. The Bertz CT molecular complexity index is 1470. The van der Waals surface area contributed by atoms with Gasteiger partial charge in [-0.2, -0.15) is 0 Å². The normalized spacial score (nSPS) is 19.2. The first-order valence-electron chi connectivity index (χ1n) is 12.8. The molecular weight excluding hydrogens is 490 g/mol. The number of furan rings is 1. The second-order valence-corrected chi connectivity index (χ2v) is 9.57. The van der Waals surface area contributed by atoms with Crippen LogP contribution >= 0.6 is 0 Å². The van der Waals surface area contributed by atoms with Crippen LogP contribution in [0.5, 0.6) is 5.75 Å². The van der Waals surface area contributed by atoms with Gasteiger partial charge in [-0.25, -0.2) is 4.68 Å². The van der Waals surface area contributed by atoms with Crippen molar-refractivity contribution in [2.24, 2.45) is 0 Å². The van der Waals surface area contributed by atoms with Gasteiger partial charge in [-0.15, -0.1) is 5.10 Å². The van der Waals surface area contributed by atoms with Gasteiger partial charge in [-0.05, 0) is 59.0 Å². The van der Waals surface area contributed by atoms with E-state index in [9.17, 15) is 9.59 Å². The van der Waals surface area contributed by atoms with Crippen LogP contribution in [-0.4, -0.2) is 86.9 Å². The SMILES string of the molecule is COc1ccc2cc([C@H](c3nnnn3C[C@@H]3CCCO3)N3CCN(C(=O)c4ccco4)CC3)c(=O)[nH]c2c1. The fraction of sp³-hybridized carbons (Fsp3) is 0.423. The maximum Gasteiger partial charge on any atom is 0.289 e. The van der Waals surface area contributed by atoms with Crippen molar-refractivity contribution in [3.05, 3.63) is 70.2 Å². The van der Waals surface area contributed by atoms with E-state index in [1.807, 2.05) is 18.2 Å². The topological polar surface area (TPSA) is 132 Å². The van der Waals surface area contributed by atoms with Gasteiger partial charge in [-0.3, -0.25) is 14.5 Å². The number of rotatable bonds is 7. The van der Waals surface area contributed by atoms with E-state index >= 15 is 0 Å². The summed E-state index contributed by atoms with van der Waals surface area (Å²) >= 11 is 0. The molecule has 5 heterocycles. The summed E-state index contributed by atoms with van der Waals surface area (Å²) in [5.41, 5.74) is 0.998. The lowest BCUT2D eigenvalue weighted by Gasteiger charge is -2.38. The number of aromatic nitrogens is 5. The average molecular weight is 520 g/mol. The quantitative estimate of drug-likeness (QED) is 0.388. The van der Waals surface area contributed by atoms with Crippen LogP contribution < -0.4 is 10.3 Å². The summed E-state index contributed by atoms with van der Waals surface area (Å²) in [6.45, 7) is 3.26. The molecule has 0 saturated carbocycles. The number of benzene rings is 1. The zero-order chi connectivity index (χ0) is 26.1. The van der Waals surface area contributed by atoms with Crippen LogP contribution in [0.1, 0.15) is 40.8 Å². The highest BCUT2D eigenvalue weighted by atomic mass is 16.5. The van der Waals surface area contributed by atoms with E-state index in [0.29, 0.717) is 61.1 Å².